The molecule has 0 saturated carbocycles. The molecule has 0 radical (unpaired) electrons. The van der Waals surface area contributed by atoms with Crippen LogP contribution in [0.4, 0.5) is 13.2 Å². The highest BCUT2D eigenvalue weighted by molar-refractivity contribution is 5.92. The summed E-state index contributed by atoms with van der Waals surface area (Å²) in [4.78, 5) is 19.7. The number of nitrogens with zero attached hydrogens (tertiary/aromatic N) is 6. The second-order valence-corrected chi connectivity index (χ2v) is 21.2. The monoisotopic (exact) mass is 1040 g/mol. The van der Waals surface area contributed by atoms with Crippen LogP contribution < -0.4 is 4.74 Å². The van der Waals surface area contributed by atoms with E-state index in [2.05, 4.69) is 146 Å². The quantitative estimate of drug-likeness (QED) is 0.122. The lowest BCUT2D eigenvalue weighted by Gasteiger charge is -2.24. The van der Waals surface area contributed by atoms with Gasteiger partial charge in [0.2, 0.25) is 0 Å². The number of halogens is 3. The Bertz CT molecular complexity index is 4200. The Hall–Kier alpha value is -9.15. The molecule has 1 atom stereocenters. The van der Waals surface area contributed by atoms with E-state index in [0.29, 0.717) is 44.8 Å². The Labute approximate surface area is 457 Å². The molecule has 1 unspecified atom stereocenters. The number of rotatable bonds is 12. The average Bonchev–Trinajstić information content (AvgIpc) is 4.28. The van der Waals surface area contributed by atoms with Crippen LogP contribution in [0.5, 0.6) is 11.5 Å². The third-order valence-electron chi connectivity index (χ3n) is 15.2. The first kappa shape index (κ1) is 50.7. The molecule has 0 saturated heterocycles. The SMILES string of the molecule is Cc1cc(-c2ccc(-c3ccccc3)cc2)cc(C)c1-n1c(-c2cc(Oc3cccc(-c4nc5ccccc5n4-c4c(C(C)C)cc(-c5ccccc5)cc4C(C)C)c3)c3ncncc3c2)nc2ccc(C(C)C(F)(F)F)cc21. The Morgan fingerprint density at radius 1 is 0.468 bits per heavy atom. The second kappa shape index (κ2) is 20.3. The molecule has 7 nitrogen and oxygen atoms in total. The van der Waals surface area contributed by atoms with Crippen LogP contribution in [0.2, 0.25) is 0 Å². The summed E-state index contributed by atoms with van der Waals surface area (Å²) in [5.41, 5.74) is 18.1. The fraction of sp³-hybridized carbons (Fsp3) is 0.159. The van der Waals surface area contributed by atoms with E-state index in [1.165, 1.54) is 41.6 Å². The fourth-order valence-electron chi connectivity index (χ4n) is 11.1. The van der Waals surface area contributed by atoms with Crippen molar-refractivity contribution in [2.75, 3.05) is 0 Å². The Morgan fingerprint density at radius 2 is 1.01 bits per heavy atom. The highest BCUT2D eigenvalue weighted by atomic mass is 19.4. The van der Waals surface area contributed by atoms with E-state index < -0.39 is 12.1 Å². The number of aromatic nitrogens is 6. The minimum Gasteiger partial charge on any atom is -0.455 e. The van der Waals surface area contributed by atoms with Gasteiger partial charge < -0.3 is 4.74 Å². The van der Waals surface area contributed by atoms with Crippen molar-refractivity contribution in [1.82, 2.24) is 29.1 Å². The van der Waals surface area contributed by atoms with Crippen LogP contribution in [-0.2, 0) is 0 Å². The number of benzene rings is 9. The molecular weight excluding hydrogens is 986 g/mol. The summed E-state index contributed by atoms with van der Waals surface area (Å²) in [6, 6.07) is 63.2. The number of hydrogen-bond donors (Lipinski definition) is 0. The molecule has 0 aliphatic carbocycles. The van der Waals surface area contributed by atoms with E-state index in [-0.39, 0.29) is 17.4 Å². The van der Waals surface area contributed by atoms with Crippen LogP contribution >= 0.6 is 0 Å². The standard InChI is InChI=1S/C69H57F3N6O/c1-41(2)57-35-53(47-19-12-9-13-20-47)36-58(42(3)4)66(57)77-61-24-15-14-23-59(61)75-67(77)51-21-16-22-56(34-51)79-63-38-54(33-55-39-73-40-74-64(55)63)68-76-60-30-29-50(45(7)69(70,71)72)37-62(60)78(68)65-43(5)31-52(32-44(65)6)49-27-25-48(26-28-49)46-17-10-8-11-18-46/h8-42,45H,1-7H3. The van der Waals surface area contributed by atoms with Crippen molar-refractivity contribution >= 4 is 33.0 Å². The van der Waals surface area contributed by atoms with Gasteiger partial charge in [0.25, 0.3) is 0 Å². The van der Waals surface area contributed by atoms with Gasteiger partial charge in [-0.3, -0.25) is 9.13 Å². The van der Waals surface area contributed by atoms with Gasteiger partial charge in [0.1, 0.15) is 29.2 Å². The van der Waals surface area contributed by atoms with Crippen molar-refractivity contribution in [3.63, 3.8) is 0 Å². The highest BCUT2D eigenvalue weighted by Gasteiger charge is 2.37. The van der Waals surface area contributed by atoms with Crippen LogP contribution in [0, 0.1) is 13.8 Å². The van der Waals surface area contributed by atoms with Gasteiger partial charge in [-0.2, -0.15) is 13.2 Å². The van der Waals surface area contributed by atoms with Gasteiger partial charge in [0, 0.05) is 22.7 Å². The van der Waals surface area contributed by atoms with E-state index in [1.807, 2.05) is 79.1 Å². The van der Waals surface area contributed by atoms with E-state index in [4.69, 9.17) is 19.7 Å². The van der Waals surface area contributed by atoms with Gasteiger partial charge in [-0.15, -0.1) is 0 Å². The molecule has 12 rings (SSSR count). The zero-order valence-electron chi connectivity index (χ0n) is 45.0. The lowest BCUT2D eigenvalue weighted by Crippen LogP contribution is -2.17. The smallest absolute Gasteiger partial charge is 0.395 e. The molecular formula is C69H57F3N6O. The van der Waals surface area contributed by atoms with Crippen LogP contribution in [0.1, 0.15) is 80.2 Å². The minimum atomic E-state index is -4.44. The second-order valence-electron chi connectivity index (χ2n) is 21.2. The predicted molar refractivity (Wildman–Crippen MR) is 315 cm³/mol. The molecule has 10 heteroatoms. The molecule has 0 N–H and O–H groups in total. The van der Waals surface area contributed by atoms with Crippen LogP contribution in [-0.4, -0.2) is 35.2 Å². The third-order valence-corrected chi connectivity index (χ3v) is 15.2. The summed E-state index contributed by atoms with van der Waals surface area (Å²) in [6.07, 6.45) is -1.21. The summed E-state index contributed by atoms with van der Waals surface area (Å²) in [5.74, 6) is 0.988. The zero-order valence-corrected chi connectivity index (χ0v) is 45.0. The number of para-hydroxylation sites is 2. The van der Waals surface area contributed by atoms with Crippen molar-refractivity contribution in [1.29, 1.82) is 0 Å². The molecule has 0 amide bonds. The van der Waals surface area contributed by atoms with Gasteiger partial charge in [-0.05, 0) is 167 Å². The van der Waals surface area contributed by atoms with E-state index in [1.54, 1.807) is 18.3 Å². The predicted octanol–water partition coefficient (Wildman–Crippen LogP) is 19.0. The van der Waals surface area contributed by atoms with Crippen molar-refractivity contribution in [2.45, 2.75) is 72.4 Å². The summed E-state index contributed by atoms with van der Waals surface area (Å²) in [7, 11) is 0. The minimum absolute atomic E-state index is 0.146. The van der Waals surface area contributed by atoms with Gasteiger partial charge in [0.15, 0.2) is 5.75 Å². The number of fused-ring (bicyclic) bond motifs is 3. The molecule has 9 aromatic carbocycles. The van der Waals surface area contributed by atoms with Crippen LogP contribution in [0.25, 0.3) is 101 Å². The molecule has 3 heterocycles. The van der Waals surface area contributed by atoms with Crippen molar-refractivity contribution in [2.24, 2.45) is 0 Å². The Balaban J connectivity index is 0.990. The third kappa shape index (κ3) is 9.51. The Morgan fingerprint density at radius 3 is 1.66 bits per heavy atom. The van der Waals surface area contributed by atoms with Gasteiger partial charge in [-0.1, -0.05) is 143 Å². The van der Waals surface area contributed by atoms with E-state index in [0.717, 1.165) is 67.2 Å². The number of imidazole rings is 2. The maximum Gasteiger partial charge on any atom is 0.395 e. The molecule has 390 valence electrons. The van der Waals surface area contributed by atoms with Crippen molar-refractivity contribution in [3.8, 4) is 79.0 Å². The zero-order chi connectivity index (χ0) is 54.7. The van der Waals surface area contributed by atoms with E-state index in [9.17, 15) is 13.2 Å². The maximum atomic E-state index is 14.4. The lowest BCUT2D eigenvalue weighted by molar-refractivity contribution is -0.146. The van der Waals surface area contributed by atoms with Crippen LogP contribution in [0.3, 0.4) is 0 Å². The number of alkyl halides is 3. The highest BCUT2D eigenvalue weighted by Crippen LogP contribution is 2.44. The maximum absolute atomic E-state index is 14.4. The molecule has 12 aromatic rings. The first-order valence-corrected chi connectivity index (χ1v) is 26.8. The molecule has 3 aromatic heterocycles. The van der Waals surface area contributed by atoms with Gasteiger partial charge in [0.05, 0.1) is 39.4 Å². The molecule has 0 bridgehead atoms. The average molecular weight is 1040 g/mol. The van der Waals surface area contributed by atoms with Gasteiger partial charge >= 0.3 is 6.18 Å². The summed E-state index contributed by atoms with van der Waals surface area (Å²) in [6.45, 7) is 14.3. The summed E-state index contributed by atoms with van der Waals surface area (Å²) >= 11 is 0. The largest absolute Gasteiger partial charge is 0.455 e. The van der Waals surface area contributed by atoms with Gasteiger partial charge in [-0.25, -0.2) is 19.9 Å². The topological polar surface area (TPSA) is 70.7 Å². The van der Waals surface area contributed by atoms with Crippen LogP contribution in [0.15, 0.2) is 201 Å². The van der Waals surface area contributed by atoms with Crippen molar-refractivity contribution < 1.29 is 17.9 Å². The lowest BCUT2D eigenvalue weighted by atomic mass is 9.88. The molecule has 0 aliphatic rings. The first-order valence-electron chi connectivity index (χ1n) is 26.8. The Kier molecular flexibility index (Phi) is 13.0. The normalized spacial score (nSPS) is 12.4. The fourth-order valence-corrected chi connectivity index (χ4v) is 11.1. The number of hydrogen-bond acceptors (Lipinski definition) is 5. The number of ether oxygens (including phenoxy) is 1. The molecule has 79 heavy (non-hydrogen) atoms. The number of aryl methyl sites for hydroxylation is 2. The molecule has 0 aliphatic heterocycles. The van der Waals surface area contributed by atoms with E-state index >= 15 is 0 Å². The molecule has 0 fully saturated rings. The first-order chi connectivity index (χ1) is 38.2. The summed E-state index contributed by atoms with van der Waals surface area (Å²) < 4.78 is 54.6. The van der Waals surface area contributed by atoms with Crippen molar-refractivity contribution in [3.05, 3.63) is 228 Å². The summed E-state index contributed by atoms with van der Waals surface area (Å²) in [5, 5.41) is 0.696. The molecule has 0 spiro atoms.